The molecule has 0 amide bonds. The van der Waals surface area contributed by atoms with Crippen LogP contribution < -0.4 is 0 Å². The molecule has 0 spiro atoms. The molecule has 1 unspecified atom stereocenters. The predicted octanol–water partition coefficient (Wildman–Crippen LogP) is 2.41. The summed E-state index contributed by atoms with van der Waals surface area (Å²) in [7, 11) is 0. The first kappa shape index (κ1) is 9.90. The first-order chi connectivity index (χ1) is 6.25. The van der Waals surface area contributed by atoms with E-state index in [9.17, 15) is 4.79 Å². The van der Waals surface area contributed by atoms with Gasteiger partial charge in [-0.05, 0) is 29.5 Å². The Morgan fingerprint density at radius 3 is 2.46 bits per heavy atom. The number of rotatable bonds is 4. The maximum absolute atomic E-state index is 10.5. The summed E-state index contributed by atoms with van der Waals surface area (Å²) in [5.74, 6) is 0.827. The Hall–Kier alpha value is -1.18. The lowest BCUT2D eigenvalue weighted by atomic mass is 9.87. The Bertz CT molecular complexity index is 256. The Labute approximate surface area is 79.0 Å². The molecule has 1 aromatic heterocycles. The minimum Gasteiger partial charge on any atom is -0.303 e. The van der Waals surface area contributed by atoms with Crippen LogP contribution in [0.15, 0.2) is 24.5 Å². The largest absolute Gasteiger partial charge is 0.303 e. The lowest BCUT2D eigenvalue weighted by Gasteiger charge is -2.18. The monoisotopic (exact) mass is 177 g/mol. The smallest absolute Gasteiger partial charge is 0.120 e. The molecule has 0 radical (unpaired) electrons. The molecule has 0 aliphatic heterocycles. The Balaban J connectivity index is 2.82. The minimum atomic E-state index is 0.334. The van der Waals surface area contributed by atoms with Crippen LogP contribution in [0.3, 0.4) is 0 Å². The quantitative estimate of drug-likeness (QED) is 0.661. The Morgan fingerprint density at radius 2 is 2.00 bits per heavy atom. The van der Waals surface area contributed by atoms with E-state index < -0.39 is 0 Å². The zero-order valence-corrected chi connectivity index (χ0v) is 8.10. The third kappa shape index (κ3) is 2.65. The second-order valence-corrected chi connectivity index (χ2v) is 3.53. The van der Waals surface area contributed by atoms with Crippen LogP contribution in [0.25, 0.3) is 0 Å². The van der Waals surface area contributed by atoms with Crippen molar-refractivity contribution in [1.29, 1.82) is 0 Å². The summed E-state index contributed by atoms with van der Waals surface area (Å²) in [5, 5.41) is 0. The molecule has 1 aromatic rings. The van der Waals surface area contributed by atoms with Crippen molar-refractivity contribution < 1.29 is 4.79 Å². The fourth-order valence-corrected chi connectivity index (χ4v) is 1.51. The highest BCUT2D eigenvalue weighted by Gasteiger charge is 2.14. The minimum absolute atomic E-state index is 0.334. The van der Waals surface area contributed by atoms with Gasteiger partial charge in [0, 0.05) is 18.8 Å². The molecular weight excluding hydrogens is 162 g/mol. The van der Waals surface area contributed by atoms with Crippen LogP contribution in [0.5, 0.6) is 0 Å². The van der Waals surface area contributed by atoms with Crippen LogP contribution >= 0.6 is 0 Å². The van der Waals surface area contributed by atoms with Crippen molar-refractivity contribution in [2.24, 2.45) is 5.92 Å². The van der Waals surface area contributed by atoms with Crippen LogP contribution in [0.4, 0.5) is 0 Å². The topological polar surface area (TPSA) is 30.0 Å². The van der Waals surface area contributed by atoms with E-state index in [1.807, 2.05) is 12.1 Å². The number of carbonyl (C=O) groups is 1. The van der Waals surface area contributed by atoms with Gasteiger partial charge < -0.3 is 4.79 Å². The summed E-state index contributed by atoms with van der Waals surface area (Å²) in [4.78, 5) is 14.4. The van der Waals surface area contributed by atoms with Gasteiger partial charge in [-0.1, -0.05) is 13.8 Å². The van der Waals surface area contributed by atoms with Gasteiger partial charge in [-0.2, -0.15) is 0 Å². The summed E-state index contributed by atoms with van der Waals surface area (Å²) < 4.78 is 0. The van der Waals surface area contributed by atoms with Crippen molar-refractivity contribution in [3.8, 4) is 0 Å². The summed E-state index contributed by atoms with van der Waals surface area (Å²) in [6.07, 6.45) is 5.14. The summed E-state index contributed by atoms with van der Waals surface area (Å²) in [6, 6.07) is 3.96. The molecule has 13 heavy (non-hydrogen) atoms. The number of hydrogen-bond acceptors (Lipinski definition) is 2. The number of pyridine rings is 1. The molecule has 1 atom stereocenters. The van der Waals surface area contributed by atoms with Gasteiger partial charge in [-0.25, -0.2) is 0 Å². The standard InChI is InChI=1S/C11H15NO/c1-9(2)11(5-8-13)10-3-6-12-7-4-10/h3-4,6-9,11H,5H2,1-2H3. The molecule has 0 N–H and O–H groups in total. The molecule has 1 heterocycles. The van der Waals surface area contributed by atoms with Gasteiger partial charge in [0.05, 0.1) is 0 Å². The van der Waals surface area contributed by atoms with Crippen LogP contribution in [0.2, 0.25) is 0 Å². The summed E-state index contributed by atoms with van der Waals surface area (Å²) in [5.41, 5.74) is 1.21. The third-order valence-corrected chi connectivity index (χ3v) is 2.29. The SMILES string of the molecule is CC(C)C(CC=O)c1ccncc1. The van der Waals surface area contributed by atoms with E-state index in [0.29, 0.717) is 18.3 Å². The first-order valence-corrected chi connectivity index (χ1v) is 4.59. The van der Waals surface area contributed by atoms with Gasteiger partial charge >= 0.3 is 0 Å². The van der Waals surface area contributed by atoms with Crippen LogP contribution in [0, 0.1) is 5.92 Å². The number of aromatic nitrogens is 1. The molecule has 0 aliphatic carbocycles. The van der Waals surface area contributed by atoms with E-state index in [0.717, 1.165) is 6.29 Å². The van der Waals surface area contributed by atoms with Gasteiger partial charge in [-0.3, -0.25) is 4.98 Å². The number of nitrogens with zero attached hydrogens (tertiary/aromatic N) is 1. The lowest BCUT2D eigenvalue weighted by Crippen LogP contribution is -2.07. The molecule has 0 saturated carbocycles. The highest BCUT2D eigenvalue weighted by Crippen LogP contribution is 2.25. The van der Waals surface area contributed by atoms with Gasteiger partial charge in [0.2, 0.25) is 0 Å². The lowest BCUT2D eigenvalue weighted by molar-refractivity contribution is -0.108. The molecule has 2 heteroatoms. The normalized spacial score (nSPS) is 12.8. The molecular formula is C11H15NO. The predicted molar refractivity (Wildman–Crippen MR) is 52.5 cm³/mol. The summed E-state index contributed by atoms with van der Waals surface area (Å²) >= 11 is 0. The maximum atomic E-state index is 10.5. The van der Waals surface area contributed by atoms with E-state index in [4.69, 9.17) is 0 Å². The van der Waals surface area contributed by atoms with E-state index in [-0.39, 0.29) is 0 Å². The van der Waals surface area contributed by atoms with Crippen molar-refractivity contribution in [3.05, 3.63) is 30.1 Å². The molecule has 0 saturated heterocycles. The van der Waals surface area contributed by atoms with Gasteiger partial charge in [0.25, 0.3) is 0 Å². The molecule has 0 aromatic carbocycles. The van der Waals surface area contributed by atoms with E-state index >= 15 is 0 Å². The second kappa shape index (κ2) is 4.75. The van der Waals surface area contributed by atoms with Crippen molar-refractivity contribution in [3.63, 3.8) is 0 Å². The highest BCUT2D eigenvalue weighted by molar-refractivity contribution is 5.51. The van der Waals surface area contributed by atoms with Crippen molar-refractivity contribution in [2.75, 3.05) is 0 Å². The van der Waals surface area contributed by atoms with Gasteiger partial charge in [0.15, 0.2) is 0 Å². The van der Waals surface area contributed by atoms with Crippen molar-refractivity contribution in [2.45, 2.75) is 26.2 Å². The third-order valence-electron chi connectivity index (χ3n) is 2.29. The van der Waals surface area contributed by atoms with E-state index in [2.05, 4.69) is 18.8 Å². The average molecular weight is 177 g/mol. The van der Waals surface area contributed by atoms with Gasteiger partial charge in [-0.15, -0.1) is 0 Å². The molecule has 1 rings (SSSR count). The van der Waals surface area contributed by atoms with Crippen LogP contribution in [-0.4, -0.2) is 11.3 Å². The number of aldehydes is 1. The molecule has 70 valence electrons. The highest BCUT2D eigenvalue weighted by atomic mass is 16.1. The molecule has 2 nitrogen and oxygen atoms in total. The molecule has 0 fully saturated rings. The summed E-state index contributed by atoms with van der Waals surface area (Å²) in [6.45, 7) is 4.27. The van der Waals surface area contributed by atoms with E-state index in [1.165, 1.54) is 5.56 Å². The first-order valence-electron chi connectivity index (χ1n) is 4.59. The fraction of sp³-hybridized carbons (Fsp3) is 0.455. The van der Waals surface area contributed by atoms with E-state index in [1.54, 1.807) is 12.4 Å². The second-order valence-electron chi connectivity index (χ2n) is 3.53. The Kier molecular flexibility index (Phi) is 3.62. The molecule has 0 bridgehead atoms. The van der Waals surface area contributed by atoms with Crippen LogP contribution in [-0.2, 0) is 4.79 Å². The zero-order chi connectivity index (χ0) is 9.68. The van der Waals surface area contributed by atoms with Gasteiger partial charge in [0.1, 0.15) is 6.29 Å². The van der Waals surface area contributed by atoms with Crippen LogP contribution in [0.1, 0.15) is 31.7 Å². The number of hydrogen-bond donors (Lipinski definition) is 0. The van der Waals surface area contributed by atoms with Crippen molar-refractivity contribution >= 4 is 6.29 Å². The zero-order valence-electron chi connectivity index (χ0n) is 8.10. The number of carbonyl (C=O) groups excluding carboxylic acids is 1. The fourth-order valence-electron chi connectivity index (χ4n) is 1.51. The maximum Gasteiger partial charge on any atom is 0.120 e. The Morgan fingerprint density at radius 1 is 1.38 bits per heavy atom. The van der Waals surface area contributed by atoms with Crippen molar-refractivity contribution in [1.82, 2.24) is 4.98 Å². The molecule has 0 aliphatic rings. The average Bonchev–Trinajstić information content (AvgIpc) is 2.15.